The largest absolute Gasteiger partial charge is 0.396 e. The van der Waals surface area contributed by atoms with E-state index < -0.39 is 0 Å². The first kappa shape index (κ1) is 15.5. The van der Waals surface area contributed by atoms with E-state index in [4.69, 9.17) is 5.26 Å². The monoisotopic (exact) mass is 286 g/mol. The maximum Gasteiger partial charge on any atom is 0.137 e. The third kappa shape index (κ3) is 4.03. The average molecular weight is 286 g/mol. The molecule has 2 aromatic rings. The number of rotatable bonds is 7. The maximum atomic E-state index is 9.21. The van der Waals surface area contributed by atoms with Crippen LogP contribution in [0.2, 0.25) is 0 Å². The summed E-state index contributed by atoms with van der Waals surface area (Å²) in [6.45, 7) is 5.98. The van der Waals surface area contributed by atoms with E-state index in [-0.39, 0.29) is 12.0 Å². The Balaban J connectivity index is 1.88. The summed E-state index contributed by atoms with van der Waals surface area (Å²) in [5, 5.41) is 21.6. The van der Waals surface area contributed by atoms with Crippen LogP contribution in [0, 0.1) is 16.7 Å². The van der Waals surface area contributed by atoms with Crippen molar-refractivity contribution in [1.29, 1.82) is 5.26 Å². The summed E-state index contributed by atoms with van der Waals surface area (Å²) < 4.78 is 1.95. The zero-order chi connectivity index (χ0) is 15.3. The minimum atomic E-state index is -0.00726. The molecule has 0 aliphatic carbocycles. The van der Waals surface area contributed by atoms with Gasteiger partial charge < -0.3 is 14.8 Å². The van der Waals surface area contributed by atoms with E-state index >= 15 is 0 Å². The summed E-state index contributed by atoms with van der Waals surface area (Å²) in [7, 11) is 0. The number of aliphatic hydroxyl groups is 1. The molecule has 0 saturated carbocycles. The second-order valence-electron chi connectivity index (χ2n) is 6.11. The zero-order valence-corrected chi connectivity index (χ0v) is 12.6. The molecule has 2 aromatic heterocycles. The van der Waals surface area contributed by atoms with Crippen molar-refractivity contribution >= 4 is 5.65 Å². The Morgan fingerprint density at radius 3 is 2.95 bits per heavy atom. The number of aliphatic hydroxyl groups excluding tert-OH is 1. The highest BCUT2D eigenvalue weighted by Gasteiger charge is 2.15. The standard InChI is InChI=1S/C16H22N4O/c1-16(2,12-21)6-3-7-18-9-14-10-19-15-5-4-13(8-17)11-20(14)15/h4-5,10-11,18,21H,3,6-7,9,12H2,1-2H3. The van der Waals surface area contributed by atoms with E-state index in [0.29, 0.717) is 5.56 Å². The molecule has 0 unspecified atom stereocenters. The molecular formula is C16H22N4O. The summed E-state index contributed by atoms with van der Waals surface area (Å²) in [5.74, 6) is 0. The van der Waals surface area contributed by atoms with Crippen LogP contribution < -0.4 is 5.32 Å². The van der Waals surface area contributed by atoms with Crippen molar-refractivity contribution in [3.63, 3.8) is 0 Å². The Morgan fingerprint density at radius 1 is 1.43 bits per heavy atom. The van der Waals surface area contributed by atoms with Gasteiger partial charge in [-0.15, -0.1) is 0 Å². The van der Waals surface area contributed by atoms with Crippen molar-refractivity contribution in [3.8, 4) is 6.07 Å². The zero-order valence-electron chi connectivity index (χ0n) is 12.6. The number of fused-ring (bicyclic) bond motifs is 1. The van der Waals surface area contributed by atoms with Gasteiger partial charge in [0.25, 0.3) is 0 Å². The molecule has 2 heterocycles. The van der Waals surface area contributed by atoms with Crippen LogP contribution in [-0.2, 0) is 6.54 Å². The molecule has 5 nitrogen and oxygen atoms in total. The van der Waals surface area contributed by atoms with E-state index in [0.717, 1.165) is 37.3 Å². The smallest absolute Gasteiger partial charge is 0.137 e. The van der Waals surface area contributed by atoms with Gasteiger partial charge in [0.15, 0.2) is 0 Å². The highest BCUT2D eigenvalue weighted by atomic mass is 16.3. The molecule has 2 N–H and O–H groups in total. The van der Waals surface area contributed by atoms with Crippen LogP contribution in [0.4, 0.5) is 0 Å². The van der Waals surface area contributed by atoms with Crippen LogP contribution in [-0.4, -0.2) is 27.6 Å². The van der Waals surface area contributed by atoms with Crippen LogP contribution in [0.5, 0.6) is 0 Å². The predicted octanol–water partition coefficient (Wildman–Crippen LogP) is 2.09. The van der Waals surface area contributed by atoms with Gasteiger partial charge in [-0.25, -0.2) is 4.98 Å². The highest BCUT2D eigenvalue weighted by molar-refractivity contribution is 5.44. The SMILES string of the molecule is CC(C)(CO)CCCNCc1cnc2ccc(C#N)cn12. The fourth-order valence-corrected chi connectivity index (χ4v) is 2.22. The third-order valence-electron chi connectivity index (χ3n) is 3.65. The molecule has 0 fully saturated rings. The molecule has 2 rings (SSSR count). The Bertz CT molecular complexity index is 639. The van der Waals surface area contributed by atoms with Crippen LogP contribution >= 0.6 is 0 Å². The van der Waals surface area contributed by atoms with Crippen LogP contribution in [0.25, 0.3) is 5.65 Å². The Morgan fingerprint density at radius 2 is 2.24 bits per heavy atom. The number of nitriles is 1. The van der Waals surface area contributed by atoms with Crippen LogP contribution in [0.1, 0.15) is 37.9 Å². The van der Waals surface area contributed by atoms with Gasteiger partial charge in [0.05, 0.1) is 17.5 Å². The van der Waals surface area contributed by atoms with E-state index in [1.54, 1.807) is 6.07 Å². The highest BCUT2D eigenvalue weighted by Crippen LogP contribution is 2.20. The molecule has 0 aliphatic rings. The summed E-state index contributed by atoms with van der Waals surface area (Å²) in [6, 6.07) is 5.77. The second kappa shape index (κ2) is 6.70. The topological polar surface area (TPSA) is 73.3 Å². The van der Waals surface area contributed by atoms with Crippen LogP contribution in [0.15, 0.2) is 24.5 Å². The Labute approximate surface area is 125 Å². The van der Waals surface area contributed by atoms with Gasteiger partial charge in [-0.1, -0.05) is 13.8 Å². The lowest BCUT2D eigenvalue weighted by molar-refractivity contribution is 0.148. The quantitative estimate of drug-likeness (QED) is 0.764. The number of aromatic nitrogens is 2. The fourth-order valence-electron chi connectivity index (χ4n) is 2.22. The molecule has 5 heteroatoms. The average Bonchev–Trinajstić information content (AvgIpc) is 2.89. The number of nitrogens with one attached hydrogen (secondary N) is 1. The van der Waals surface area contributed by atoms with Gasteiger partial charge in [-0.05, 0) is 36.9 Å². The number of hydrogen-bond acceptors (Lipinski definition) is 4. The first-order valence-corrected chi connectivity index (χ1v) is 7.23. The van der Waals surface area contributed by atoms with Gasteiger partial charge in [0.2, 0.25) is 0 Å². The molecule has 0 bridgehead atoms. The van der Waals surface area contributed by atoms with E-state index in [1.165, 1.54) is 0 Å². The minimum Gasteiger partial charge on any atom is -0.396 e. The van der Waals surface area contributed by atoms with Crippen molar-refractivity contribution in [3.05, 3.63) is 35.8 Å². The molecule has 0 aliphatic heterocycles. The van der Waals surface area contributed by atoms with E-state index in [2.05, 4.69) is 30.2 Å². The van der Waals surface area contributed by atoms with Gasteiger partial charge in [-0.2, -0.15) is 5.26 Å². The van der Waals surface area contributed by atoms with E-state index in [9.17, 15) is 5.11 Å². The predicted molar refractivity (Wildman–Crippen MR) is 81.7 cm³/mol. The first-order valence-electron chi connectivity index (χ1n) is 7.23. The lowest BCUT2D eigenvalue weighted by Gasteiger charge is -2.21. The van der Waals surface area contributed by atoms with Gasteiger partial charge in [0, 0.05) is 19.3 Å². The molecule has 21 heavy (non-hydrogen) atoms. The third-order valence-corrected chi connectivity index (χ3v) is 3.65. The number of nitrogens with zero attached hydrogens (tertiary/aromatic N) is 3. The van der Waals surface area contributed by atoms with E-state index in [1.807, 2.05) is 22.9 Å². The first-order chi connectivity index (χ1) is 10.1. The normalized spacial score (nSPS) is 11.7. The van der Waals surface area contributed by atoms with Gasteiger partial charge in [0.1, 0.15) is 11.7 Å². The molecule has 0 radical (unpaired) electrons. The molecule has 0 spiro atoms. The number of hydrogen-bond donors (Lipinski definition) is 2. The molecule has 0 atom stereocenters. The van der Waals surface area contributed by atoms with Crippen molar-refractivity contribution in [1.82, 2.24) is 14.7 Å². The summed E-state index contributed by atoms with van der Waals surface area (Å²) in [5.41, 5.74) is 2.52. The van der Waals surface area contributed by atoms with Gasteiger partial charge >= 0.3 is 0 Å². The van der Waals surface area contributed by atoms with Crippen molar-refractivity contribution in [2.45, 2.75) is 33.2 Å². The Kier molecular flexibility index (Phi) is 4.94. The molecule has 0 saturated heterocycles. The number of imidazole rings is 1. The van der Waals surface area contributed by atoms with Crippen molar-refractivity contribution in [2.24, 2.45) is 5.41 Å². The minimum absolute atomic E-state index is 0.00726. The molecule has 112 valence electrons. The number of pyridine rings is 1. The Hall–Kier alpha value is -1.90. The lowest BCUT2D eigenvalue weighted by atomic mass is 9.89. The lowest BCUT2D eigenvalue weighted by Crippen LogP contribution is -2.21. The second-order valence-corrected chi connectivity index (χ2v) is 6.11. The summed E-state index contributed by atoms with van der Waals surface area (Å²) >= 11 is 0. The van der Waals surface area contributed by atoms with Crippen molar-refractivity contribution in [2.75, 3.05) is 13.2 Å². The maximum absolute atomic E-state index is 9.21. The fraction of sp³-hybridized carbons (Fsp3) is 0.500. The molecule has 0 amide bonds. The molecule has 0 aromatic carbocycles. The van der Waals surface area contributed by atoms with Crippen molar-refractivity contribution < 1.29 is 5.11 Å². The van der Waals surface area contributed by atoms with Crippen LogP contribution in [0.3, 0.4) is 0 Å². The summed E-state index contributed by atoms with van der Waals surface area (Å²) in [4.78, 5) is 4.33. The van der Waals surface area contributed by atoms with Gasteiger partial charge in [-0.3, -0.25) is 0 Å². The molecular weight excluding hydrogens is 264 g/mol. The summed E-state index contributed by atoms with van der Waals surface area (Å²) in [6.07, 6.45) is 5.66.